The summed E-state index contributed by atoms with van der Waals surface area (Å²) in [7, 11) is -3.91. The van der Waals surface area contributed by atoms with Crippen LogP contribution in [0.3, 0.4) is 0 Å². The number of sulfonamides is 1. The summed E-state index contributed by atoms with van der Waals surface area (Å²) in [6.07, 6.45) is -0.474. The van der Waals surface area contributed by atoms with Gasteiger partial charge in [-0.1, -0.05) is 23.7 Å². The van der Waals surface area contributed by atoms with E-state index in [0.29, 0.717) is 11.4 Å². The highest BCUT2D eigenvalue weighted by Gasteiger charge is 2.35. The zero-order valence-corrected chi connectivity index (χ0v) is 16.9. The number of carbonyl (C=O) groups is 1. The third-order valence-corrected chi connectivity index (χ3v) is 6.93. The topological polar surface area (TPSA) is 84.9 Å². The van der Waals surface area contributed by atoms with Crippen molar-refractivity contribution in [3.8, 4) is 11.5 Å². The van der Waals surface area contributed by atoms with Crippen molar-refractivity contribution in [2.45, 2.75) is 31.0 Å². The van der Waals surface area contributed by atoms with Crippen LogP contribution in [-0.4, -0.2) is 43.9 Å². The lowest BCUT2D eigenvalue weighted by molar-refractivity contribution is -0.0440. The zero-order chi connectivity index (χ0) is 20.1. The molecule has 0 spiro atoms. The number of nitrogens with one attached hydrogen (secondary N) is 1. The van der Waals surface area contributed by atoms with Gasteiger partial charge >= 0.3 is 0 Å². The lowest BCUT2D eigenvalue weighted by atomic mass is 10.2. The Labute approximate surface area is 168 Å². The Hall–Kier alpha value is -2.13. The van der Waals surface area contributed by atoms with Crippen LogP contribution in [0.15, 0.2) is 41.3 Å². The van der Waals surface area contributed by atoms with Gasteiger partial charge in [-0.3, -0.25) is 4.79 Å². The summed E-state index contributed by atoms with van der Waals surface area (Å²) in [6, 6.07) is 9.60. The van der Waals surface area contributed by atoms with Gasteiger partial charge < -0.3 is 14.8 Å². The molecule has 0 radical (unpaired) electrons. The molecule has 9 heteroatoms. The van der Waals surface area contributed by atoms with E-state index in [1.54, 1.807) is 24.3 Å². The SMILES string of the molecule is C[C@@H]1CN(S(=O)(=O)c2cc3c(cc2Cl)Oc2ccccc2NC3=O)C[C@@H](C)O1. The van der Waals surface area contributed by atoms with Gasteiger partial charge in [0.1, 0.15) is 10.6 Å². The largest absolute Gasteiger partial charge is 0.454 e. The summed E-state index contributed by atoms with van der Waals surface area (Å²) in [4.78, 5) is 12.6. The maximum atomic E-state index is 13.2. The van der Waals surface area contributed by atoms with Gasteiger partial charge in [-0.25, -0.2) is 8.42 Å². The van der Waals surface area contributed by atoms with E-state index in [2.05, 4.69) is 5.32 Å². The van der Waals surface area contributed by atoms with Gasteiger partial charge in [0, 0.05) is 19.2 Å². The molecule has 4 rings (SSSR count). The minimum absolute atomic E-state index is 0.00210. The van der Waals surface area contributed by atoms with Crippen LogP contribution in [0.25, 0.3) is 0 Å². The smallest absolute Gasteiger partial charge is 0.259 e. The Kier molecular flexibility index (Phi) is 4.83. The van der Waals surface area contributed by atoms with Gasteiger partial charge in [0.2, 0.25) is 10.0 Å². The number of hydrogen-bond acceptors (Lipinski definition) is 5. The van der Waals surface area contributed by atoms with Gasteiger partial charge in [0.15, 0.2) is 5.75 Å². The lowest BCUT2D eigenvalue weighted by Gasteiger charge is -2.34. The number of nitrogens with zero attached hydrogens (tertiary/aromatic N) is 1. The van der Waals surface area contributed by atoms with Gasteiger partial charge in [-0.05, 0) is 32.0 Å². The molecule has 0 saturated carbocycles. The van der Waals surface area contributed by atoms with E-state index in [1.807, 2.05) is 13.8 Å². The van der Waals surface area contributed by atoms with Gasteiger partial charge in [0.25, 0.3) is 5.91 Å². The Balaban J connectivity index is 1.77. The number of rotatable bonds is 2. The fraction of sp³-hybridized carbons (Fsp3) is 0.316. The monoisotopic (exact) mass is 422 g/mol. The van der Waals surface area contributed by atoms with Gasteiger partial charge in [-0.15, -0.1) is 0 Å². The third-order valence-electron chi connectivity index (χ3n) is 4.64. The number of ether oxygens (including phenoxy) is 2. The molecule has 2 atom stereocenters. The van der Waals surface area contributed by atoms with Crippen molar-refractivity contribution in [2.24, 2.45) is 0 Å². The molecule has 28 heavy (non-hydrogen) atoms. The van der Waals surface area contributed by atoms with Crippen molar-refractivity contribution >= 4 is 33.2 Å². The molecular formula is C19H19ClN2O5S. The molecule has 2 heterocycles. The van der Waals surface area contributed by atoms with Crippen LogP contribution in [0.2, 0.25) is 5.02 Å². The van der Waals surface area contributed by atoms with Gasteiger partial charge in [-0.2, -0.15) is 4.31 Å². The van der Waals surface area contributed by atoms with Crippen LogP contribution in [0.1, 0.15) is 24.2 Å². The van der Waals surface area contributed by atoms with Crippen molar-refractivity contribution < 1.29 is 22.7 Å². The molecular weight excluding hydrogens is 404 g/mol. The molecule has 0 bridgehead atoms. The van der Waals surface area contributed by atoms with Crippen molar-refractivity contribution in [2.75, 3.05) is 18.4 Å². The molecule has 1 saturated heterocycles. The van der Waals surface area contributed by atoms with Crippen LogP contribution >= 0.6 is 11.6 Å². The summed E-state index contributed by atoms with van der Waals surface area (Å²) >= 11 is 6.32. The summed E-state index contributed by atoms with van der Waals surface area (Å²) in [5.41, 5.74) is 0.605. The number of para-hydroxylation sites is 2. The second-order valence-electron chi connectivity index (χ2n) is 6.91. The molecule has 1 fully saturated rings. The van der Waals surface area contributed by atoms with Crippen LogP contribution in [0, 0.1) is 0 Å². The van der Waals surface area contributed by atoms with Crippen LogP contribution < -0.4 is 10.1 Å². The summed E-state index contributed by atoms with van der Waals surface area (Å²) in [6.45, 7) is 4.06. The first-order valence-corrected chi connectivity index (χ1v) is 10.6. The highest BCUT2D eigenvalue weighted by molar-refractivity contribution is 7.89. The molecule has 1 N–H and O–H groups in total. The fourth-order valence-electron chi connectivity index (χ4n) is 3.43. The van der Waals surface area contributed by atoms with Crippen molar-refractivity contribution in [3.63, 3.8) is 0 Å². The molecule has 2 aromatic carbocycles. The second kappa shape index (κ2) is 7.04. The maximum absolute atomic E-state index is 13.2. The van der Waals surface area contributed by atoms with E-state index >= 15 is 0 Å². The number of morpholine rings is 1. The lowest BCUT2D eigenvalue weighted by Crippen LogP contribution is -2.48. The molecule has 1 amide bonds. The highest BCUT2D eigenvalue weighted by atomic mass is 35.5. The quantitative estimate of drug-likeness (QED) is 0.800. The summed E-state index contributed by atoms with van der Waals surface area (Å²) < 4.78 is 39.2. The predicted molar refractivity (Wildman–Crippen MR) is 105 cm³/mol. The first-order chi connectivity index (χ1) is 13.3. The molecule has 2 aromatic rings. The van der Waals surface area contributed by atoms with E-state index in [0.717, 1.165) is 0 Å². The molecule has 7 nitrogen and oxygen atoms in total. The predicted octanol–water partition coefficient (Wildman–Crippen LogP) is 3.50. The van der Waals surface area contributed by atoms with E-state index in [4.69, 9.17) is 21.1 Å². The molecule has 148 valence electrons. The molecule has 0 aliphatic carbocycles. The highest BCUT2D eigenvalue weighted by Crippen LogP contribution is 2.39. The number of hydrogen-bond donors (Lipinski definition) is 1. The molecule has 0 unspecified atom stereocenters. The Morgan fingerprint density at radius 2 is 1.79 bits per heavy atom. The Morgan fingerprint density at radius 1 is 1.11 bits per heavy atom. The first-order valence-electron chi connectivity index (χ1n) is 8.83. The number of benzene rings is 2. The number of fused-ring (bicyclic) bond motifs is 2. The summed E-state index contributed by atoms with van der Waals surface area (Å²) in [5, 5.41) is 2.73. The normalized spacial score (nSPS) is 22.5. The summed E-state index contributed by atoms with van der Waals surface area (Å²) in [5.74, 6) is 0.198. The number of carbonyl (C=O) groups excluding carboxylic acids is 1. The minimum atomic E-state index is -3.91. The first kappa shape index (κ1) is 19.2. The van der Waals surface area contributed by atoms with E-state index < -0.39 is 15.9 Å². The Morgan fingerprint density at radius 3 is 2.50 bits per heavy atom. The standard InChI is InChI=1S/C19H19ClN2O5S/c1-11-9-22(10-12(2)26-11)28(24,25)18-7-13-17(8-14(18)20)27-16-6-4-3-5-15(16)21-19(13)23/h3-8,11-12H,9-10H2,1-2H3,(H,21,23)/t11-,12-/m1/s1. The van der Waals surface area contributed by atoms with E-state index in [9.17, 15) is 13.2 Å². The average molecular weight is 423 g/mol. The van der Waals surface area contributed by atoms with Crippen LogP contribution in [-0.2, 0) is 14.8 Å². The minimum Gasteiger partial charge on any atom is -0.454 e. The average Bonchev–Trinajstić information content (AvgIpc) is 2.75. The van der Waals surface area contributed by atoms with Crippen LogP contribution in [0.5, 0.6) is 11.5 Å². The third kappa shape index (κ3) is 3.37. The zero-order valence-electron chi connectivity index (χ0n) is 15.3. The van der Waals surface area contributed by atoms with Crippen molar-refractivity contribution in [1.82, 2.24) is 4.31 Å². The van der Waals surface area contributed by atoms with E-state index in [1.165, 1.54) is 16.4 Å². The number of halogens is 1. The number of anilines is 1. The van der Waals surface area contributed by atoms with Crippen molar-refractivity contribution in [3.05, 3.63) is 47.0 Å². The molecule has 2 aliphatic heterocycles. The van der Waals surface area contributed by atoms with E-state index in [-0.39, 0.29) is 46.5 Å². The molecule has 2 aliphatic rings. The van der Waals surface area contributed by atoms with Crippen LogP contribution in [0.4, 0.5) is 5.69 Å². The maximum Gasteiger partial charge on any atom is 0.259 e. The fourth-order valence-corrected chi connectivity index (χ4v) is 5.54. The van der Waals surface area contributed by atoms with Crippen molar-refractivity contribution in [1.29, 1.82) is 0 Å². The second-order valence-corrected chi connectivity index (χ2v) is 9.22. The molecule has 0 aromatic heterocycles. The Bertz CT molecular complexity index is 1050. The van der Waals surface area contributed by atoms with Gasteiger partial charge in [0.05, 0.1) is 28.5 Å². The number of amides is 1.